The van der Waals surface area contributed by atoms with Crippen molar-refractivity contribution in [3.63, 3.8) is 0 Å². The summed E-state index contributed by atoms with van der Waals surface area (Å²) in [6.07, 6.45) is 3.11. The van der Waals surface area contributed by atoms with Gasteiger partial charge in [0.05, 0.1) is 6.61 Å². The topological polar surface area (TPSA) is 41.5 Å². The summed E-state index contributed by atoms with van der Waals surface area (Å²) in [6.45, 7) is 4.31. The highest BCUT2D eigenvalue weighted by Crippen LogP contribution is 2.34. The summed E-state index contributed by atoms with van der Waals surface area (Å²) < 4.78 is 5.74. The third-order valence-electron chi connectivity index (χ3n) is 3.52. The van der Waals surface area contributed by atoms with Gasteiger partial charge in [-0.05, 0) is 31.9 Å². The van der Waals surface area contributed by atoms with Gasteiger partial charge in [-0.25, -0.2) is 0 Å². The molecule has 100 valence electrons. The van der Waals surface area contributed by atoms with Gasteiger partial charge in [0, 0.05) is 24.1 Å². The highest BCUT2D eigenvalue weighted by molar-refractivity contribution is 5.37. The molecule has 1 aromatic carbocycles. The molecule has 0 fully saturated rings. The summed E-state index contributed by atoms with van der Waals surface area (Å²) in [6, 6.07) is 8.68. The van der Waals surface area contributed by atoms with Gasteiger partial charge < -0.3 is 15.2 Å². The van der Waals surface area contributed by atoms with E-state index in [9.17, 15) is 0 Å². The van der Waals surface area contributed by atoms with Crippen molar-refractivity contribution >= 4 is 0 Å². The van der Waals surface area contributed by atoms with E-state index in [0.717, 1.165) is 38.2 Å². The Balaban J connectivity index is 1.90. The molecule has 2 rings (SSSR count). The molecule has 0 amide bonds. The Hall–Kier alpha value is -1.06. The minimum atomic E-state index is 0.302. The standard InChI is InChI=1S/C15H23NO2/c1-12-11-18-14-8-4-3-7-13(14)15(12)16-9-5-2-6-10-17/h3-4,7-8,12,15-17H,2,5-6,9-11H2,1H3. The van der Waals surface area contributed by atoms with Crippen molar-refractivity contribution in [2.75, 3.05) is 19.8 Å². The van der Waals surface area contributed by atoms with Gasteiger partial charge in [0.2, 0.25) is 0 Å². The van der Waals surface area contributed by atoms with E-state index in [1.807, 2.05) is 12.1 Å². The maximum absolute atomic E-state index is 8.75. The van der Waals surface area contributed by atoms with Gasteiger partial charge in [0.25, 0.3) is 0 Å². The molecule has 1 aromatic rings. The van der Waals surface area contributed by atoms with Crippen molar-refractivity contribution in [2.45, 2.75) is 32.2 Å². The zero-order valence-electron chi connectivity index (χ0n) is 11.1. The van der Waals surface area contributed by atoms with Crippen molar-refractivity contribution in [3.05, 3.63) is 29.8 Å². The zero-order chi connectivity index (χ0) is 12.8. The van der Waals surface area contributed by atoms with Gasteiger partial charge in [0.1, 0.15) is 5.75 Å². The van der Waals surface area contributed by atoms with E-state index in [1.54, 1.807) is 0 Å². The molecule has 3 heteroatoms. The van der Waals surface area contributed by atoms with E-state index in [1.165, 1.54) is 5.56 Å². The number of aliphatic hydroxyl groups excluding tert-OH is 1. The highest BCUT2D eigenvalue weighted by atomic mass is 16.5. The molecule has 2 unspecified atom stereocenters. The number of benzene rings is 1. The normalized spacial score (nSPS) is 22.3. The molecule has 0 bridgehead atoms. The van der Waals surface area contributed by atoms with Crippen LogP contribution < -0.4 is 10.1 Å². The van der Waals surface area contributed by atoms with E-state index in [0.29, 0.717) is 18.6 Å². The SMILES string of the molecule is CC1COc2ccccc2C1NCCCCCO. The van der Waals surface area contributed by atoms with Gasteiger partial charge in [-0.3, -0.25) is 0 Å². The van der Waals surface area contributed by atoms with Gasteiger partial charge in [-0.2, -0.15) is 0 Å². The molecule has 2 N–H and O–H groups in total. The van der Waals surface area contributed by atoms with Crippen LogP contribution in [-0.4, -0.2) is 24.9 Å². The molecule has 1 aliphatic heterocycles. The molecule has 0 saturated heterocycles. The second-order valence-corrected chi connectivity index (χ2v) is 5.04. The third kappa shape index (κ3) is 3.24. The average Bonchev–Trinajstić information content (AvgIpc) is 2.41. The highest BCUT2D eigenvalue weighted by Gasteiger charge is 2.26. The quantitative estimate of drug-likeness (QED) is 0.761. The fraction of sp³-hybridized carbons (Fsp3) is 0.600. The molecule has 1 heterocycles. The van der Waals surface area contributed by atoms with Crippen LogP contribution in [0.5, 0.6) is 5.75 Å². The van der Waals surface area contributed by atoms with Crippen molar-refractivity contribution in [2.24, 2.45) is 5.92 Å². The average molecular weight is 249 g/mol. The van der Waals surface area contributed by atoms with Crippen LogP contribution in [0.2, 0.25) is 0 Å². The molecule has 3 nitrogen and oxygen atoms in total. The molecule has 2 atom stereocenters. The first-order valence-electron chi connectivity index (χ1n) is 6.89. The molecule has 18 heavy (non-hydrogen) atoms. The van der Waals surface area contributed by atoms with Crippen LogP contribution in [0.15, 0.2) is 24.3 Å². The Morgan fingerprint density at radius 1 is 1.28 bits per heavy atom. The molecular formula is C15H23NO2. The monoisotopic (exact) mass is 249 g/mol. The summed E-state index contributed by atoms with van der Waals surface area (Å²) in [5, 5.41) is 12.4. The van der Waals surface area contributed by atoms with Crippen LogP contribution in [0.1, 0.15) is 37.8 Å². The lowest BCUT2D eigenvalue weighted by Crippen LogP contribution is -2.34. The van der Waals surface area contributed by atoms with Gasteiger partial charge in [0.15, 0.2) is 0 Å². The maximum atomic E-state index is 8.75. The lowest BCUT2D eigenvalue weighted by atomic mass is 9.92. The Bertz CT molecular complexity index is 367. The molecule has 0 aromatic heterocycles. The molecule has 1 aliphatic rings. The first-order valence-corrected chi connectivity index (χ1v) is 6.89. The van der Waals surface area contributed by atoms with Crippen LogP contribution in [0.3, 0.4) is 0 Å². The van der Waals surface area contributed by atoms with Crippen molar-refractivity contribution < 1.29 is 9.84 Å². The molecule has 0 saturated carbocycles. The molecule has 0 aliphatic carbocycles. The molecule has 0 spiro atoms. The van der Waals surface area contributed by atoms with Crippen LogP contribution in [0.4, 0.5) is 0 Å². The zero-order valence-corrected chi connectivity index (χ0v) is 11.1. The van der Waals surface area contributed by atoms with Crippen LogP contribution in [0.25, 0.3) is 0 Å². The predicted octanol–water partition coefficient (Wildman–Crippen LogP) is 2.51. The van der Waals surface area contributed by atoms with E-state index in [-0.39, 0.29) is 0 Å². The van der Waals surface area contributed by atoms with E-state index < -0.39 is 0 Å². The number of unbranched alkanes of at least 4 members (excludes halogenated alkanes) is 2. The third-order valence-corrected chi connectivity index (χ3v) is 3.52. The van der Waals surface area contributed by atoms with Crippen LogP contribution in [0, 0.1) is 5.92 Å². The van der Waals surface area contributed by atoms with E-state index in [2.05, 4.69) is 24.4 Å². The summed E-state index contributed by atoms with van der Waals surface area (Å²) in [5.74, 6) is 1.52. The smallest absolute Gasteiger partial charge is 0.124 e. The Morgan fingerprint density at radius 2 is 2.11 bits per heavy atom. The lowest BCUT2D eigenvalue weighted by molar-refractivity contribution is 0.188. The number of nitrogens with one attached hydrogen (secondary N) is 1. The van der Waals surface area contributed by atoms with E-state index >= 15 is 0 Å². The number of fused-ring (bicyclic) bond motifs is 1. The van der Waals surface area contributed by atoms with Gasteiger partial charge >= 0.3 is 0 Å². The lowest BCUT2D eigenvalue weighted by Gasteiger charge is -2.32. The second-order valence-electron chi connectivity index (χ2n) is 5.04. The Morgan fingerprint density at radius 3 is 2.94 bits per heavy atom. The van der Waals surface area contributed by atoms with Crippen LogP contribution in [-0.2, 0) is 0 Å². The summed E-state index contributed by atoms with van der Waals surface area (Å²) in [4.78, 5) is 0. The summed E-state index contributed by atoms with van der Waals surface area (Å²) >= 11 is 0. The first-order chi connectivity index (χ1) is 8.83. The minimum absolute atomic E-state index is 0.302. The second kappa shape index (κ2) is 6.76. The van der Waals surface area contributed by atoms with Crippen molar-refractivity contribution in [1.29, 1.82) is 0 Å². The number of rotatable bonds is 6. The van der Waals surface area contributed by atoms with E-state index in [4.69, 9.17) is 9.84 Å². The predicted molar refractivity (Wildman–Crippen MR) is 72.8 cm³/mol. The first kappa shape index (κ1) is 13.4. The number of para-hydroxylation sites is 1. The van der Waals surface area contributed by atoms with Gasteiger partial charge in [-0.15, -0.1) is 0 Å². The number of hydrogen-bond donors (Lipinski definition) is 2. The number of ether oxygens (including phenoxy) is 1. The van der Waals surface area contributed by atoms with Crippen molar-refractivity contribution in [1.82, 2.24) is 5.32 Å². The number of hydrogen-bond acceptors (Lipinski definition) is 3. The molecule has 0 radical (unpaired) electrons. The minimum Gasteiger partial charge on any atom is -0.493 e. The fourth-order valence-electron chi connectivity index (χ4n) is 2.48. The number of aliphatic hydroxyl groups is 1. The fourth-order valence-corrected chi connectivity index (χ4v) is 2.48. The van der Waals surface area contributed by atoms with Crippen LogP contribution >= 0.6 is 0 Å². The Kier molecular flexibility index (Phi) is 5.02. The largest absolute Gasteiger partial charge is 0.493 e. The van der Waals surface area contributed by atoms with Crippen molar-refractivity contribution in [3.8, 4) is 5.75 Å². The Labute approximate surface area is 109 Å². The molecular weight excluding hydrogens is 226 g/mol. The summed E-state index contributed by atoms with van der Waals surface area (Å²) in [7, 11) is 0. The van der Waals surface area contributed by atoms with Gasteiger partial charge in [-0.1, -0.05) is 25.1 Å². The maximum Gasteiger partial charge on any atom is 0.124 e. The summed E-state index contributed by atoms with van der Waals surface area (Å²) in [5.41, 5.74) is 1.28.